The van der Waals surface area contributed by atoms with E-state index in [1.807, 2.05) is 0 Å². The van der Waals surface area contributed by atoms with E-state index in [-0.39, 0.29) is 17.8 Å². The molecule has 0 fully saturated rings. The zero-order valence-electron chi connectivity index (χ0n) is 8.94. The van der Waals surface area contributed by atoms with Crippen LogP contribution in [0.1, 0.15) is 20.8 Å². The summed E-state index contributed by atoms with van der Waals surface area (Å²) in [6.07, 6.45) is 8.94. The molecule has 0 aliphatic carbocycles. The lowest BCUT2D eigenvalue weighted by Crippen LogP contribution is -2.36. The van der Waals surface area contributed by atoms with Crippen LogP contribution in [0.4, 0.5) is 0 Å². The summed E-state index contributed by atoms with van der Waals surface area (Å²) < 4.78 is 0. The summed E-state index contributed by atoms with van der Waals surface area (Å²) in [5.41, 5.74) is 0. The molecule has 5 atom stereocenters. The second-order valence-electron chi connectivity index (χ2n) is 3.75. The highest BCUT2D eigenvalue weighted by atomic mass is 16.3. The minimum Gasteiger partial charge on any atom is -0.391 e. The fraction of sp³-hybridized carbons (Fsp3) is 0.667. The SMILES string of the molecule is C#C[C@@H](C)[C@H](O)C(C)[C@H](O)[C@H](C)C#C. The highest BCUT2D eigenvalue weighted by Crippen LogP contribution is 2.20. The second kappa shape index (κ2) is 5.70. The van der Waals surface area contributed by atoms with Gasteiger partial charge in [-0.25, -0.2) is 0 Å². The van der Waals surface area contributed by atoms with Crippen LogP contribution in [0, 0.1) is 42.4 Å². The van der Waals surface area contributed by atoms with Gasteiger partial charge in [0, 0.05) is 17.8 Å². The molecule has 0 aromatic heterocycles. The van der Waals surface area contributed by atoms with Crippen LogP contribution in [0.25, 0.3) is 0 Å². The molecule has 0 saturated carbocycles. The van der Waals surface area contributed by atoms with Crippen LogP contribution in [-0.4, -0.2) is 22.4 Å². The zero-order chi connectivity index (χ0) is 11.3. The maximum absolute atomic E-state index is 9.73. The van der Waals surface area contributed by atoms with Gasteiger partial charge in [-0.05, 0) is 13.8 Å². The van der Waals surface area contributed by atoms with Crippen LogP contribution in [0.3, 0.4) is 0 Å². The van der Waals surface area contributed by atoms with Crippen molar-refractivity contribution in [2.24, 2.45) is 17.8 Å². The summed E-state index contributed by atoms with van der Waals surface area (Å²) in [4.78, 5) is 0. The molecule has 0 radical (unpaired) electrons. The maximum atomic E-state index is 9.73. The lowest BCUT2D eigenvalue weighted by atomic mass is 9.85. The normalized spacial score (nSPS) is 21.1. The van der Waals surface area contributed by atoms with Crippen LogP contribution in [0.5, 0.6) is 0 Å². The van der Waals surface area contributed by atoms with Crippen molar-refractivity contribution < 1.29 is 10.2 Å². The third-order valence-corrected chi connectivity index (χ3v) is 2.63. The maximum Gasteiger partial charge on any atom is 0.0725 e. The molecule has 0 amide bonds. The van der Waals surface area contributed by atoms with Crippen molar-refractivity contribution in [1.29, 1.82) is 0 Å². The number of aliphatic hydroxyl groups excluding tert-OH is 2. The summed E-state index contributed by atoms with van der Waals surface area (Å²) >= 11 is 0. The molecular weight excluding hydrogens is 176 g/mol. The Morgan fingerprint density at radius 2 is 1.14 bits per heavy atom. The molecule has 2 N–H and O–H groups in total. The van der Waals surface area contributed by atoms with Gasteiger partial charge in [0.25, 0.3) is 0 Å². The van der Waals surface area contributed by atoms with E-state index in [1.165, 1.54) is 0 Å². The van der Waals surface area contributed by atoms with Crippen LogP contribution in [0.15, 0.2) is 0 Å². The number of aliphatic hydroxyl groups is 2. The van der Waals surface area contributed by atoms with Gasteiger partial charge in [0.1, 0.15) is 0 Å². The average molecular weight is 194 g/mol. The Morgan fingerprint density at radius 3 is 1.36 bits per heavy atom. The van der Waals surface area contributed by atoms with Crippen LogP contribution in [-0.2, 0) is 0 Å². The Balaban J connectivity index is 4.41. The predicted octanol–water partition coefficient (Wildman–Crippen LogP) is 0.883. The van der Waals surface area contributed by atoms with Gasteiger partial charge in [0.15, 0.2) is 0 Å². The first-order valence-electron chi connectivity index (χ1n) is 4.74. The van der Waals surface area contributed by atoms with Crippen molar-refractivity contribution >= 4 is 0 Å². The van der Waals surface area contributed by atoms with Gasteiger partial charge < -0.3 is 10.2 Å². The predicted molar refractivity (Wildman–Crippen MR) is 57.2 cm³/mol. The Bertz CT molecular complexity index is 220. The summed E-state index contributed by atoms with van der Waals surface area (Å²) in [6.45, 7) is 5.24. The third kappa shape index (κ3) is 3.07. The Labute approximate surface area is 86.3 Å². The molecule has 0 aliphatic heterocycles. The number of rotatable bonds is 4. The van der Waals surface area contributed by atoms with Gasteiger partial charge in [-0.2, -0.15) is 0 Å². The Morgan fingerprint density at radius 1 is 0.857 bits per heavy atom. The molecule has 2 heteroatoms. The standard InChI is InChI=1S/C12H18O2/c1-6-8(3)11(13)10(5)12(14)9(4)7-2/h1-2,8-14H,3-5H3/t8-,9-,10?,11-,12+/m1/s1. The fourth-order valence-corrected chi connectivity index (χ4v) is 1.31. The first kappa shape index (κ1) is 13.0. The van der Waals surface area contributed by atoms with E-state index < -0.39 is 12.2 Å². The van der Waals surface area contributed by atoms with E-state index in [4.69, 9.17) is 12.8 Å². The smallest absolute Gasteiger partial charge is 0.0725 e. The van der Waals surface area contributed by atoms with Gasteiger partial charge in [-0.1, -0.05) is 6.92 Å². The lowest BCUT2D eigenvalue weighted by molar-refractivity contribution is -0.00802. The first-order chi connectivity index (χ1) is 6.45. The molecule has 2 nitrogen and oxygen atoms in total. The molecule has 0 aromatic rings. The van der Waals surface area contributed by atoms with Gasteiger partial charge in [0.2, 0.25) is 0 Å². The van der Waals surface area contributed by atoms with Crippen molar-refractivity contribution in [3.63, 3.8) is 0 Å². The topological polar surface area (TPSA) is 40.5 Å². The van der Waals surface area contributed by atoms with Crippen molar-refractivity contribution in [3.05, 3.63) is 0 Å². The molecule has 78 valence electrons. The third-order valence-electron chi connectivity index (χ3n) is 2.63. The first-order valence-corrected chi connectivity index (χ1v) is 4.74. The molecule has 1 unspecified atom stereocenters. The fourth-order valence-electron chi connectivity index (χ4n) is 1.31. The minimum atomic E-state index is -0.717. The quantitative estimate of drug-likeness (QED) is 0.652. The molecule has 0 heterocycles. The highest BCUT2D eigenvalue weighted by Gasteiger charge is 2.28. The van der Waals surface area contributed by atoms with E-state index in [2.05, 4.69) is 11.8 Å². The van der Waals surface area contributed by atoms with Crippen molar-refractivity contribution in [2.75, 3.05) is 0 Å². The molecule has 0 saturated heterocycles. The van der Waals surface area contributed by atoms with E-state index >= 15 is 0 Å². The average Bonchev–Trinajstić information content (AvgIpc) is 2.23. The largest absolute Gasteiger partial charge is 0.391 e. The van der Waals surface area contributed by atoms with E-state index in [9.17, 15) is 10.2 Å². The zero-order valence-corrected chi connectivity index (χ0v) is 8.94. The summed E-state index contributed by atoms with van der Waals surface area (Å²) in [6, 6.07) is 0. The lowest BCUT2D eigenvalue weighted by Gasteiger charge is -2.27. The molecule has 0 spiro atoms. The molecule has 0 aliphatic rings. The van der Waals surface area contributed by atoms with Crippen LogP contribution < -0.4 is 0 Å². The van der Waals surface area contributed by atoms with Gasteiger partial charge in [-0.15, -0.1) is 24.7 Å². The molecule has 0 rings (SSSR count). The van der Waals surface area contributed by atoms with E-state index in [0.717, 1.165) is 0 Å². The van der Waals surface area contributed by atoms with Crippen molar-refractivity contribution in [1.82, 2.24) is 0 Å². The summed E-state index contributed by atoms with van der Waals surface area (Å²) in [5.74, 6) is 4.03. The Kier molecular flexibility index (Phi) is 5.31. The molecule has 14 heavy (non-hydrogen) atoms. The summed E-state index contributed by atoms with van der Waals surface area (Å²) in [5, 5.41) is 19.5. The van der Waals surface area contributed by atoms with Crippen molar-refractivity contribution in [3.8, 4) is 24.7 Å². The monoisotopic (exact) mass is 194 g/mol. The van der Waals surface area contributed by atoms with E-state index in [0.29, 0.717) is 0 Å². The van der Waals surface area contributed by atoms with Gasteiger partial charge >= 0.3 is 0 Å². The van der Waals surface area contributed by atoms with Crippen LogP contribution >= 0.6 is 0 Å². The minimum absolute atomic E-state index is 0.273. The number of terminal acetylenes is 2. The Hall–Kier alpha value is -0.960. The van der Waals surface area contributed by atoms with Gasteiger partial charge in [0.05, 0.1) is 12.2 Å². The molecular formula is C12H18O2. The van der Waals surface area contributed by atoms with E-state index in [1.54, 1.807) is 20.8 Å². The second-order valence-corrected chi connectivity index (χ2v) is 3.75. The summed E-state index contributed by atoms with van der Waals surface area (Å²) in [7, 11) is 0. The molecule has 0 bridgehead atoms. The number of hydrogen-bond acceptors (Lipinski definition) is 2. The number of hydrogen-bond donors (Lipinski definition) is 2. The van der Waals surface area contributed by atoms with Crippen LogP contribution in [0.2, 0.25) is 0 Å². The molecule has 0 aromatic carbocycles. The van der Waals surface area contributed by atoms with Crippen molar-refractivity contribution in [2.45, 2.75) is 33.0 Å². The van der Waals surface area contributed by atoms with Gasteiger partial charge in [-0.3, -0.25) is 0 Å². The highest BCUT2D eigenvalue weighted by molar-refractivity contribution is 5.00.